The van der Waals surface area contributed by atoms with Crippen LogP contribution >= 0.6 is 0 Å². The van der Waals surface area contributed by atoms with Gasteiger partial charge in [0.2, 0.25) is 0 Å². The molecule has 3 aliphatic carbocycles. The zero-order chi connectivity index (χ0) is 32.6. The first-order valence-electron chi connectivity index (χ1n) is 15.2. The lowest BCUT2D eigenvalue weighted by Gasteiger charge is -2.49. The van der Waals surface area contributed by atoms with Crippen molar-refractivity contribution in [3.05, 3.63) is 47.6 Å². The van der Waals surface area contributed by atoms with Gasteiger partial charge in [0.25, 0.3) is 5.60 Å². The molecule has 3 nitrogen and oxygen atoms in total. The normalized spacial score (nSPS) is 32.9. The van der Waals surface area contributed by atoms with E-state index in [0.29, 0.717) is 36.8 Å². The first-order valence-corrected chi connectivity index (χ1v) is 15.2. The fraction of sp³-hybridized carbons (Fsp3) is 0.758. The van der Waals surface area contributed by atoms with Gasteiger partial charge in [0.05, 0.1) is 11.7 Å². The highest BCUT2D eigenvalue weighted by atomic mass is 19.4. The molecule has 0 unspecified atom stereocenters. The van der Waals surface area contributed by atoms with Gasteiger partial charge in [-0.25, -0.2) is 4.39 Å². The Hall–Kier alpha value is -1.65. The molecule has 43 heavy (non-hydrogen) atoms. The maximum absolute atomic E-state index is 14.3. The number of hydrogen-bond donors (Lipinski definition) is 3. The summed E-state index contributed by atoms with van der Waals surface area (Å²) in [6.07, 6.45) is -3.71. The zero-order valence-corrected chi connectivity index (χ0v) is 25.6. The van der Waals surface area contributed by atoms with Crippen LogP contribution < -0.4 is 0 Å². The van der Waals surface area contributed by atoms with Crippen LogP contribution in [-0.4, -0.2) is 51.1 Å². The molecule has 0 aromatic heterocycles. The molecule has 0 bridgehead atoms. The summed E-state index contributed by atoms with van der Waals surface area (Å²) in [5.41, 5.74) is -4.69. The number of allylic oxidation sites excluding steroid dienone is 5. The van der Waals surface area contributed by atoms with Crippen LogP contribution in [0.25, 0.3) is 0 Å². The Balaban J connectivity index is 1.93. The van der Waals surface area contributed by atoms with E-state index < -0.39 is 41.2 Å². The van der Waals surface area contributed by atoms with Crippen LogP contribution in [0.3, 0.4) is 0 Å². The van der Waals surface area contributed by atoms with Crippen LogP contribution in [0, 0.1) is 22.7 Å². The number of fused-ring (bicyclic) bond motifs is 1. The summed E-state index contributed by atoms with van der Waals surface area (Å²) >= 11 is 0. The van der Waals surface area contributed by atoms with Gasteiger partial charge in [-0.05, 0) is 112 Å². The molecule has 0 spiro atoms. The molecule has 3 saturated carbocycles. The van der Waals surface area contributed by atoms with Crippen molar-refractivity contribution in [2.24, 2.45) is 22.7 Å². The van der Waals surface area contributed by atoms with Crippen molar-refractivity contribution in [2.75, 3.05) is 0 Å². The summed E-state index contributed by atoms with van der Waals surface area (Å²) < 4.78 is 94.4. The minimum Gasteiger partial charge on any atom is -0.393 e. The Labute approximate surface area is 250 Å². The molecule has 0 aliphatic heterocycles. The molecule has 0 radical (unpaired) electrons. The number of alkyl halides is 7. The third-order valence-corrected chi connectivity index (χ3v) is 10.4. The van der Waals surface area contributed by atoms with E-state index in [9.17, 15) is 46.1 Å². The van der Waals surface area contributed by atoms with E-state index in [1.807, 2.05) is 19.1 Å². The van der Waals surface area contributed by atoms with Gasteiger partial charge in [0.15, 0.2) is 0 Å². The second-order valence-corrected chi connectivity index (χ2v) is 14.3. The Morgan fingerprint density at radius 1 is 0.977 bits per heavy atom. The van der Waals surface area contributed by atoms with Crippen molar-refractivity contribution in [2.45, 2.75) is 134 Å². The molecule has 3 fully saturated rings. The monoisotopic (exact) mass is 624 g/mol. The second kappa shape index (κ2) is 12.6. The van der Waals surface area contributed by atoms with E-state index in [1.54, 1.807) is 13.8 Å². The van der Waals surface area contributed by atoms with Crippen molar-refractivity contribution in [1.82, 2.24) is 0 Å². The lowest BCUT2D eigenvalue weighted by molar-refractivity contribution is -0.347. The van der Waals surface area contributed by atoms with Crippen molar-refractivity contribution < 1.29 is 46.1 Å². The predicted octanol–water partition coefficient (Wildman–Crippen LogP) is 8.85. The molecule has 3 N–H and O–H groups in total. The lowest BCUT2D eigenvalue weighted by Crippen LogP contribution is -2.55. The van der Waals surface area contributed by atoms with Crippen molar-refractivity contribution in [3.8, 4) is 0 Å². The van der Waals surface area contributed by atoms with Crippen molar-refractivity contribution >= 4 is 0 Å². The van der Waals surface area contributed by atoms with Crippen LogP contribution in [0.5, 0.6) is 0 Å². The lowest BCUT2D eigenvalue weighted by atomic mass is 9.55. The molecule has 3 rings (SSSR count). The third kappa shape index (κ3) is 7.78. The molecule has 0 saturated heterocycles. The van der Waals surface area contributed by atoms with E-state index in [2.05, 4.69) is 13.5 Å². The standard InChI is InChI=1S/C33H47F7O3/c1-21-23(19-24(41)20-26(21)34)11-10-22-9-6-17-30(5)25(22)12-13-27(30)29(4,15-7-14-28(2,3)42)16-8-18-31(43,32(35,36)37)33(38,39)40/h8,10-11,18,24-27,41-43H,1,6-7,9,12-17,19-20H2,2-5H3/b18-8+,22-10+,23-11-/t24-,25+,26+,27-,29-,30+/m1/s1. The summed E-state index contributed by atoms with van der Waals surface area (Å²) in [4.78, 5) is 0. The summed E-state index contributed by atoms with van der Waals surface area (Å²) in [7, 11) is 0. The number of hydrogen-bond acceptors (Lipinski definition) is 3. The average Bonchev–Trinajstić information content (AvgIpc) is 3.21. The van der Waals surface area contributed by atoms with Gasteiger partial charge >= 0.3 is 12.4 Å². The molecule has 0 aromatic rings. The second-order valence-electron chi connectivity index (χ2n) is 14.3. The highest BCUT2D eigenvalue weighted by molar-refractivity contribution is 5.39. The van der Waals surface area contributed by atoms with Gasteiger partial charge in [0.1, 0.15) is 6.17 Å². The number of aliphatic hydroxyl groups is 3. The minimum absolute atomic E-state index is 0.0267. The molecule has 0 aromatic carbocycles. The maximum Gasteiger partial charge on any atom is 0.429 e. The first-order chi connectivity index (χ1) is 19.5. The van der Waals surface area contributed by atoms with E-state index >= 15 is 0 Å². The number of halogens is 7. The fourth-order valence-electron chi connectivity index (χ4n) is 8.01. The van der Waals surface area contributed by atoms with Gasteiger partial charge in [-0.2, -0.15) is 26.3 Å². The fourth-order valence-corrected chi connectivity index (χ4v) is 8.01. The topological polar surface area (TPSA) is 60.7 Å². The van der Waals surface area contributed by atoms with E-state index in [4.69, 9.17) is 0 Å². The highest BCUT2D eigenvalue weighted by Crippen LogP contribution is 2.64. The van der Waals surface area contributed by atoms with Crippen LogP contribution in [0.1, 0.15) is 98.3 Å². The first kappa shape index (κ1) is 35.8. The van der Waals surface area contributed by atoms with Crippen LogP contribution in [0.2, 0.25) is 0 Å². The zero-order valence-electron chi connectivity index (χ0n) is 25.6. The van der Waals surface area contributed by atoms with E-state index in [-0.39, 0.29) is 36.2 Å². The van der Waals surface area contributed by atoms with Crippen LogP contribution in [0.15, 0.2) is 47.6 Å². The minimum atomic E-state index is -5.93. The van der Waals surface area contributed by atoms with Gasteiger partial charge in [-0.1, -0.05) is 50.6 Å². The summed E-state index contributed by atoms with van der Waals surface area (Å²) in [5.74, 6) is 0.0882. The van der Waals surface area contributed by atoms with Crippen LogP contribution in [0.4, 0.5) is 30.7 Å². The largest absolute Gasteiger partial charge is 0.429 e. The van der Waals surface area contributed by atoms with Gasteiger partial charge in [0, 0.05) is 6.42 Å². The molecular weight excluding hydrogens is 577 g/mol. The Morgan fingerprint density at radius 3 is 2.19 bits per heavy atom. The molecule has 3 aliphatic rings. The summed E-state index contributed by atoms with van der Waals surface area (Å²) in [6, 6.07) is 0. The smallest absolute Gasteiger partial charge is 0.393 e. The van der Waals surface area contributed by atoms with Crippen molar-refractivity contribution in [3.63, 3.8) is 0 Å². The maximum atomic E-state index is 14.3. The molecule has 0 heterocycles. The Bertz CT molecular complexity index is 1080. The molecule has 6 atom stereocenters. The molecule has 10 heteroatoms. The Kier molecular flexibility index (Phi) is 10.5. The van der Waals surface area contributed by atoms with Gasteiger partial charge in [-0.3, -0.25) is 0 Å². The van der Waals surface area contributed by atoms with E-state index in [0.717, 1.165) is 38.2 Å². The van der Waals surface area contributed by atoms with Crippen LogP contribution in [-0.2, 0) is 0 Å². The van der Waals surface area contributed by atoms with E-state index in [1.165, 1.54) is 5.57 Å². The average molecular weight is 625 g/mol. The molecular formula is C33H47F7O3. The number of rotatable bonds is 9. The predicted molar refractivity (Wildman–Crippen MR) is 153 cm³/mol. The summed E-state index contributed by atoms with van der Waals surface area (Å²) in [5, 5.41) is 30.0. The van der Waals surface area contributed by atoms with Crippen molar-refractivity contribution in [1.29, 1.82) is 0 Å². The molecule has 246 valence electrons. The quantitative estimate of drug-likeness (QED) is 0.177. The molecule has 0 amide bonds. The third-order valence-electron chi connectivity index (χ3n) is 10.4. The SMILES string of the molecule is C=C1/C(=C\C=C2/CCC[C@]3(C)[C@@H]([C@@](C)(C/C=C/C(O)(C(F)(F)F)C(F)(F)F)CCCC(C)(C)O)CC[C@@H]23)C[C@@H](O)C[C@@H]1F. The highest BCUT2D eigenvalue weighted by Gasteiger charge is 2.69. The number of aliphatic hydroxyl groups excluding tert-OH is 1. The Morgan fingerprint density at radius 2 is 1.60 bits per heavy atom. The van der Waals surface area contributed by atoms with Gasteiger partial charge < -0.3 is 15.3 Å². The van der Waals surface area contributed by atoms with Gasteiger partial charge in [-0.15, -0.1) is 0 Å². The summed E-state index contributed by atoms with van der Waals surface area (Å²) in [6.45, 7) is 11.2.